The van der Waals surface area contributed by atoms with Gasteiger partial charge < -0.3 is 9.15 Å². The average molecular weight is 377 g/mol. The van der Waals surface area contributed by atoms with E-state index in [1.165, 1.54) is 11.8 Å². The summed E-state index contributed by atoms with van der Waals surface area (Å²) in [5.74, 6) is 1.79. The fourth-order valence-corrected chi connectivity index (χ4v) is 3.44. The van der Waals surface area contributed by atoms with Crippen LogP contribution in [0.2, 0.25) is 5.02 Å². The minimum atomic E-state index is -0.212. The van der Waals surface area contributed by atoms with Gasteiger partial charge in [-0.1, -0.05) is 30.3 Å². The van der Waals surface area contributed by atoms with Gasteiger partial charge in [-0.15, -0.1) is 0 Å². The Labute approximate surface area is 155 Å². The van der Waals surface area contributed by atoms with Crippen LogP contribution in [0.15, 0.2) is 51.7 Å². The van der Waals surface area contributed by atoms with Crippen LogP contribution < -0.4 is 9.64 Å². The van der Waals surface area contributed by atoms with Gasteiger partial charge in [0.1, 0.15) is 17.2 Å². The number of ether oxygens (including phenoxy) is 1. The number of nitrogens with zero attached hydrogens (tertiary/aromatic N) is 2. The summed E-state index contributed by atoms with van der Waals surface area (Å²) < 4.78 is 10.5. The lowest BCUT2D eigenvalue weighted by Gasteiger charge is -2.18. The topological polar surface area (TPSA) is 55.0 Å². The number of aliphatic imine (C=N–C) groups is 1. The van der Waals surface area contributed by atoms with Gasteiger partial charge in [-0.2, -0.15) is 0 Å². The number of halogens is 1. The summed E-state index contributed by atoms with van der Waals surface area (Å²) >= 11 is 7.75. The lowest BCUT2D eigenvalue weighted by molar-refractivity contribution is -0.113. The van der Waals surface area contributed by atoms with Crippen molar-refractivity contribution >= 4 is 46.2 Å². The molecule has 130 valence electrons. The molecule has 1 aromatic heterocycles. The number of benzene rings is 1. The maximum Gasteiger partial charge on any atom is 0.283 e. The van der Waals surface area contributed by atoms with Gasteiger partial charge in [-0.3, -0.25) is 9.69 Å². The van der Waals surface area contributed by atoms with Crippen LogP contribution in [-0.4, -0.2) is 23.9 Å². The van der Waals surface area contributed by atoms with Crippen LogP contribution in [0.5, 0.6) is 5.75 Å². The Morgan fingerprint density at radius 1 is 1.40 bits per heavy atom. The number of amidine groups is 1. The molecule has 0 fully saturated rings. The summed E-state index contributed by atoms with van der Waals surface area (Å²) in [6, 6.07) is 8.78. The van der Waals surface area contributed by atoms with Crippen molar-refractivity contribution in [3.8, 4) is 5.75 Å². The van der Waals surface area contributed by atoms with E-state index >= 15 is 0 Å². The van der Waals surface area contributed by atoms with Gasteiger partial charge in [-0.05, 0) is 36.8 Å². The van der Waals surface area contributed by atoms with Crippen LogP contribution in [0.4, 0.5) is 5.69 Å². The second-order valence-electron chi connectivity index (χ2n) is 5.25. The van der Waals surface area contributed by atoms with Gasteiger partial charge >= 0.3 is 0 Å². The highest BCUT2D eigenvalue weighted by atomic mass is 35.5. The summed E-state index contributed by atoms with van der Waals surface area (Å²) in [6.45, 7) is 2.08. The van der Waals surface area contributed by atoms with E-state index in [4.69, 9.17) is 20.8 Å². The number of anilines is 1. The quantitative estimate of drug-likeness (QED) is 0.701. The average Bonchev–Trinajstić information content (AvgIpc) is 3.22. The van der Waals surface area contributed by atoms with E-state index in [0.717, 1.165) is 12.2 Å². The lowest BCUT2D eigenvalue weighted by Crippen LogP contribution is -2.30. The van der Waals surface area contributed by atoms with Crippen LogP contribution in [0.25, 0.3) is 6.08 Å². The zero-order valence-corrected chi connectivity index (χ0v) is 15.4. The Morgan fingerprint density at radius 3 is 2.88 bits per heavy atom. The third-order valence-corrected chi connectivity index (χ3v) is 4.92. The molecule has 2 aromatic rings. The summed E-state index contributed by atoms with van der Waals surface area (Å²) in [6.07, 6.45) is 4.18. The molecule has 3 rings (SSSR count). The first-order valence-electron chi connectivity index (χ1n) is 7.78. The Bertz CT molecular complexity index is 831. The van der Waals surface area contributed by atoms with E-state index in [-0.39, 0.29) is 5.91 Å². The molecule has 0 unspecified atom stereocenters. The predicted molar refractivity (Wildman–Crippen MR) is 102 cm³/mol. The Hall–Kier alpha value is -2.18. The van der Waals surface area contributed by atoms with Crippen molar-refractivity contribution in [2.75, 3.05) is 17.8 Å². The Morgan fingerprint density at radius 2 is 2.24 bits per heavy atom. The highest BCUT2D eigenvalue weighted by Gasteiger charge is 2.32. The molecule has 5 nitrogen and oxygen atoms in total. The highest BCUT2D eigenvalue weighted by molar-refractivity contribution is 8.14. The molecule has 1 aliphatic heterocycles. The molecule has 0 spiro atoms. The maximum atomic E-state index is 12.9. The summed E-state index contributed by atoms with van der Waals surface area (Å²) in [7, 11) is 1.55. The zero-order valence-electron chi connectivity index (χ0n) is 13.9. The maximum absolute atomic E-state index is 12.9. The molecule has 0 atom stereocenters. The van der Waals surface area contributed by atoms with E-state index in [9.17, 15) is 4.79 Å². The Balaban J connectivity index is 1.97. The van der Waals surface area contributed by atoms with Gasteiger partial charge in [0.05, 0.1) is 24.1 Å². The number of thioether (sulfide) groups is 1. The van der Waals surface area contributed by atoms with E-state index in [2.05, 4.69) is 11.9 Å². The fourth-order valence-electron chi connectivity index (χ4n) is 2.32. The number of carbonyl (C=O) groups excluding carboxylic acids is 1. The smallest absolute Gasteiger partial charge is 0.283 e. The standard InChI is InChI=1S/C18H17ClN2O3S/c1-3-9-25-18-20-15(11-13-5-4-8-24-13)17(22)21(18)12-6-7-16(23-2)14(19)10-12/h4-8,10-11H,3,9H2,1-2H3/b15-11-. The first-order valence-corrected chi connectivity index (χ1v) is 9.15. The molecule has 0 saturated heterocycles. The molecular weight excluding hydrogens is 360 g/mol. The van der Waals surface area contributed by atoms with Crippen molar-refractivity contribution in [1.29, 1.82) is 0 Å². The first kappa shape index (κ1) is 17.6. The Kier molecular flexibility index (Phi) is 5.50. The van der Waals surface area contributed by atoms with Crippen molar-refractivity contribution < 1.29 is 13.9 Å². The van der Waals surface area contributed by atoms with E-state index in [0.29, 0.717) is 33.1 Å². The van der Waals surface area contributed by atoms with Crippen molar-refractivity contribution in [2.24, 2.45) is 4.99 Å². The van der Waals surface area contributed by atoms with Gasteiger partial charge in [0.2, 0.25) is 0 Å². The first-order chi connectivity index (χ1) is 12.1. The minimum absolute atomic E-state index is 0.212. The van der Waals surface area contributed by atoms with Crippen molar-refractivity contribution in [1.82, 2.24) is 0 Å². The summed E-state index contributed by atoms with van der Waals surface area (Å²) in [5.41, 5.74) is 0.987. The van der Waals surface area contributed by atoms with Crippen molar-refractivity contribution in [3.63, 3.8) is 0 Å². The zero-order chi connectivity index (χ0) is 17.8. The minimum Gasteiger partial charge on any atom is -0.495 e. The third-order valence-electron chi connectivity index (χ3n) is 3.48. The van der Waals surface area contributed by atoms with Gasteiger partial charge in [0.15, 0.2) is 5.17 Å². The molecule has 0 saturated carbocycles. The monoisotopic (exact) mass is 376 g/mol. The van der Waals surface area contributed by atoms with E-state index in [1.54, 1.807) is 54.7 Å². The number of carbonyl (C=O) groups is 1. The van der Waals surface area contributed by atoms with Crippen LogP contribution in [0.1, 0.15) is 19.1 Å². The number of hydrogen-bond donors (Lipinski definition) is 0. The second kappa shape index (κ2) is 7.80. The number of furan rings is 1. The molecule has 0 aliphatic carbocycles. The van der Waals surface area contributed by atoms with E-state index in [1.807, 2.05) is 0 Å². The molecule has 1 amide bonds. The molecule has 1 aromatic carbocycles. The SMILES string of the molecule is CCCSC1=N/C(=C\c2ccco2)C(=O)N1c1ccc(OC)c(Cl)c1. The summed E-state index contributed by atoms with van der Waals surface area (Å²) in [5, 5.41) is 1.07. The molecular formula is C18H17ClN2O3S. The normalized spacial score (nSPS) is 15.8. The lowest BCUT2D eigenvalue weighted by atomic mass is 10.2. The van der Waals surface area contributed by atoms with Crippen LogP contribution in [-0.2, 0) is 4.79 Å². The number of amides is 1. The molecule has 25 heavy (non-hydrogen) atoms. The van der Waals surface area contributed by atoms with Gasteiger partial charge in [0, 0.05) is 11.8 Å². The number of hydrogen-bond acceptors (Lipinski definition) is 5. The largest absolute Gasteiger partial charge is 0.495 e. The van der Waals surface area contributed by atoms with Crippen LogP contribution in [0.3, 0.4) is 0 Å². The number of methoxy groups -OCH3 is 1. The molecule has 0 bridgehead atoms. The fraction of sp³-hybridized carbons (Fsp3) is 0.222. The number of rotatable bonds is 5. The second-order valence-corrected chi connectivity index (χ2v) is 6.72. The van der Waals surface area contributed by atoms with E-state index < -0.39 is 0 Å². The van der Waals surface area contributed by atoms with Crippen molar-refractivity contribution in [3.05, 3.63) is 53.1 Å². The molecule has 0 N–H and O–H groups in total. The highest BCUT2D eigenvalue weighted by Crippen LogP contribution is 2.34. The predicted octanol–water partition coefficient (Wildman–Crippen LogP) is 4.83. The van der Waals surface area contributed by atoms with Crippen LogP contribution >= 0.6 is 23.4 Å². The molecule has 7 heteroatoms. The molecule has 1 aliphatic rings. The van der Waals surface area contributed by atoms with Crippen molar-refractivity contribution in [2.45, 2.75) is 13.3 Å². The molecule has 0 radical (unpaired) electrons. The summed E-state index contributed by atoms with van der Waals surface area (Å²) in [4.78, 5) is 18.9. The molecule has 2 heterocycles. The van der Waals surface area contributed by atoms with Gasteiger partial charge in [0.25, 0.3) is 5.91 Å². The van der Waals surface area contributed by atoms with Crippen LogP contribution in [0, 0.1) is 0 Å². The van der Waals surface area contributed by atoms with Gasteiger partial charge in [-0.25, -0.2) is 4.99 Å². The third kappa shape index (κ3) is 3.75.